The highest BCUT2D eigenvalue weighted by atomic mass is 19.1. The fraction of sp³-hybridized carbons (Fsp3) is 0.423. The first-order valence-electron chi connectivity index (χ1n) is 10.8. The Morgan fingerprint density at radius 2 is 1.72 bits per heavy atom. The number of halogens is 1. The molecule has 0 radical (unpaired) electrons. The molecule has 1 aliphatic carbocycles. The zero-order valence-electron chi connectivity index (χ0n) is 17.3. The molecule has 0 amide bonds. The Hall–Kier alpha value is -2.42. The Morgan fingerprint density at radius 1 is 1.07 bits per heavy atom. The van der Waals surface area contributed by atoms with E-state index in [2.05, 4.69) is 25.6 Å². The molecule has 0 bridgehead atoms. The third-order valence-electron chi connectivity index (χ3n) is 5.99. The molecule has 1 fully saturated rings. The highest BCUT2D eigenvalue weighted by molar-refractivity contribution is 5.89. The third kappa shape index (κ3) is 6.03. The molecule has 0 aliphatic heterocycles. The van der Waals surface area contributed by atoms with Gasteiger partial charge in [-0.1, -0.05) is 68.8 Å². The summed E-state index contributed by atoms with van der Waals surface area (Å²) < 4.78 is 19.2. The van der Waals surface area contributed by atoms with Crippen LogP contribution < -0.4 is 0 Å². The summed E-state index contributed by atoms with van der Waals surface area (Å²) in [5, 5.41) is 0. The lowest BCUT2D eigenvalue weighted by molar-refractivity contribution is 0.0287. The SMILES string of the molecule is C=C(F)CC(OC(=O)c1ccccc1)c1ccc(C2CCC(CCC)CC2)cc1. The fourth-order valence-electron chi connectivity index (χ4n) is 4.38. The molecule has 2 aromatic carbocycles. The highest BCUT2D eigenvalue weighted by Gasteiger charge is 2.23. The van der Waals surface area contributed by atoms with Crippen LogP contribution >= 0.6 is 0 Å². The summed E-state index contributed by atoms with van der Waals surface area (Å²) in [4.78, 5) is 12.4. The van der Waals surface area contributed by atoms with Crippen LogP contribution in [0.25, 0.3) is 0 Å². The van der Waals surface area contributed by atoms with E-state index in [0.717, 1.165) is 11.5 Å². The second-order valence-electron chi connectivity index (χ2n) is 8.15. The average Bonchev–Trinajstić information content (AvgIpc) is 2.74. The first-order chi connectivity index (χ1) is 14.1. The molecule has 2 aromatic rings. The van der Waals surface area contributed by atoms with Crippen molar-refractivity contribution in [3.05, 3.63) is 83.7 Å². The molecule has 0 N–H and O–H groups in total. The van der Waals surface area contributed by atoms with Gasteiger partial charge in [0.25, 0.3) is 0 Å². The summed E-state index contributed by atoms with van der Waals surface area (Å²) in [5.74, 6) is 0.538. The zero-order valence-corrected chi connectivity index (χ0v) is 17.3. The van der Waals surface area contributed by atoms with Crippen molar-refractivity contribution in [3.8, 4) is 0 Å². The standard InChI is InChI=1S/C26H31FO2/c1-3-7-20-10-12-21(13-11-20)22-14-16-23(17-15-22)25(18-19(2)27)29-26(28)24-8-5-4-6-9-24/h4-6,8-9,14-17,20-21,25H,2-3,7,10-13,18H2,1H3. The quantitative estimate of drug-likeness (QED) is 0.432. The molecule has 154 valence electrons. The summed E-state index contributed by atoms with van der Waals surface area (Å²) in [6, 6.07) is 17.0. The number of carbonyl (C=O) groups is 1. The van der Waals surface area contributed by atoms with Crippen LogP contribution in [0.3, 0.4) is 0 Å². The van der Waals surface area contributed by atoms with Crippen LogP contribution in [0, 0.1) is 5.92 Å². The molecule has 1 atom stereocenters. The van der Waals surface area contributed by atoms with Crippen LogP contribution in [0.15, 0.2) is 67.0 Å². The van der Waals surface area contributed by atoms with Crippen LogP contribution in [0.5, 0.6) is 0 Å². The second kappa shape index (κ2) is 10.4. The van der Waals surface area contributed by atoms with Crippen molar-refractivity contribution in [2.24, 2.45) is 5.92 Å². The Kier molecular flexibility index (Phi) is 7.62. The number of benzene rings is 2. The lowest BCUT2D eigenvalue weighted by Gasteiger charge is -2.29. The van der Waals surface area contributed by atoms with E-state index in [-0.39, 0.29) is 6.42 Å². The Bertz CT molecular complexity index is 789. The lowest BCUT2D eigenvalue weighted by Crippen LogP contribution is -2.14. The van der Waals surface area contributed by atoms with E-state index in [0.29, 0.717) is 11.5 Å². The van der Waals surface area contributed by atoms with E-state index < -0.39 is 17.9 Å². The smallest absolute Gasteiger partial charge is 0.338 e. The van der Waals surface area contributed by atoms with Gasteiger partial charge in [0.2, 0.25) is 0 Å². The minimum Gasteiger partial charge on any atom is -0.453 e. The summed E-state index contributed by atoms with van der Waals surface area (Å²) in [6.45, 7) is 5.62. The normalized spacial score (nSPS) is 20.1. The largest absolute Gasteiger partial charge is 0.453 e. The van der Waals surface area contributed by atoms with Crippen LogP contribution in [0.2, 0.25) is 0 Å². The molecule has 1 aliphatic rings. The predicted octanol–water partition coefficient (Wildman–Crippen LogP) is 7.53. The van der Waals surface area contributed by atoms with Crippen molar-refractivity contribution in [2.45, 2.75) is 63.9 Å². The molecular formula is C26H31FO2. The molecule has 2 nitrogen and oxygen atoms in total. The first-order valence-corrected chi connectivity index (χ1v) is 10.8. The van der Waals surface area contributed by atoms with E-state index in [4.69, 9.17) is 4.74 Å². The van der Waals surface area contributed by atoms with E-state index >= 15 is 0 Å². The minimum absolute atomic E-state index is 0.0277. The number of hydrogen-bond donors (Lipinski definition) is 0. The molecular weight excluding hydrogens is 363 g/mol. The zero-order chi connectivity index (χ0) is 20.6. The van der Waals surface area contributed by atoms with E-state index in [1.807, 2.05) is 18.2 Å². The van der Waals surface area contributed by atoms with Crippen molar-refractivity contribution in [1.82, 2.24) is 0 Å². The van der Waals surface area contributed by atoms with Gasteiger partial charge in [0.05, 0.1) is 11.4 Å². The van der Waals surface area contributed by atoms with Crippen molar-refractivity contribution >= 4 is 5.97 Å². The van der Waals surface area contributed by atoms with Gasteiger partial charge in [-0.25, -0.2) is 9.18 Å². The van der Waals surface area contributed by atoms with Gasteiger partial charge < -0.3 is 4.74 Å². The number of ether oxygens (including phenoxy) is 1. The van der Waals surface area contributed by atoms with E-state index in [1.54, 1.807) is 24.3 Å². The minimum atomic E-state index is -0.672. The summed E-state index contributed by atoms with van der Waals surface area (Å²) in [5.41, 5.74) is 2.59. The van der Waals surface area contributed by atoms with Crippen LogP contribution in [-0.2, 0) is 4.74 Å². The first kappa shape index (κ1) is 21.3. The Morgan fingerprint density at radius 3 is 2.31 bits per heavy atom. The predicted molar refractivity (Wildman–Crippen MR) is 116 cm³/mol. The summed E-state index contributed by atoms with van der Waals surface area (Å²) >= 11 is 0. The fourth-order valence-corrected chi connectivity index (χ4v) is 4.38. The van der Waals surface area contributed by atoms with Crippen molar-refractivity contribution in [3.63, 3.8) is 0 Å². The van der Waals surface area contributed by atoms with E-state index in [1.165, 1.54) is 44.1 Å². The number of rotatable bonds is 8. The summed E-state index contributed by atoms with van der Waals surface area (Å²) in [6.07, 6.45) is 6.99. The van der Waals surface area contributed by atoms with Gasteiger partial charge in [-0.3, -0.25) is 0 Å². The topological polar surface area (TPSA) is 26.3 Å². The molecule has 1 unspecified atom stereocenters. The molecule has 0 heterocycles. The molecule has 0 aromatic heterocycles. The summed E-state index contributed by atoms with van der Waals surface area (Å²) in [7, 11) is 0. The van der Waals surface area contributed by atoms with Crippen molar-refractivity contribution in [2.75, 3.05) is 0 Å². The maximum Gasteiger partial charge on any atom is 0.338 e. The van der Waals surface area contributed by atoms with Gasteiger partial charge in [-0.05, 0) is 60.8 Å². The lowest BCUT2D eigenvalue weighted by atomic mass is 9.77. The molecule has 29 heavy (non-hydrogen) atoms. The molecule has 3 heteroatoms. The van der Waals surface area contributed by atoms with Gasteiger partial charge in [-0.2, -0.15) is 0 Å². The van der Waals surface area contributed by atoms with Crippen LogP contribution in [-0.4, -0.2) is 5.97 Å². The monoisotopic (exact) mass is 394 g/mol. The van der Waals surface area contributed by atoms with Gasteiger partial charge in [0.1, 0.15) is 6.10 Å². The Balaban J connectivity index is 1.67. The number of esters is 1. The van der Waals surface area contributed by atoms with Crippen molar-refractivity contribution in [1.29, 1.82) is 0 Å². The molecule has 1 saturated carbocycles. The molecule has 3 rings (SSSR count). The molecule has 0 spiro atoms. The molecule has 0 saturated heterocycles. The van der Waals surface area contributed by atoms with Gasteiger partial charge in [-0.15, -0.1) is 0 Å². The Labute approximate surface area is 173 Å². The average molecular weight is 395 g/mol. The van der Waals surface area contributed by atoms with Crippen LogP contribution in [0.1, 0.15) is 85.4 Å². The van der Waals surface area contributed by atoms with Gasteiger partial charge >= 0.3 is 5.97 Å². The van der Waals surface area contributed by atoms with Crippen molar-refractivity contribution < 1.29 is 13.9 Å². The maximum atomic E-state index is 13.6. The number of carbonyl (C=O) groups excluding carboxylic acids is 1. The van der Waals surface area contributed by atoms with Gasteiger partial charge in [0, 0.05) is 6.42 Å². The maximum absolute atomic E-state index is 13.6. The van der Waals surface area contributed by atoms with E-state index in [9.17, 15) is 9.18 Å². The second-order valence-corrected chi connectivity index (χ2v) is 8.15. The third-order valence-corrected chi connectivity index (χ3v) is 5.99. The number of hydrogen-bond acceptors (Lipinski definition) is 2. The van der Waals surface area contributed by atoms with Crippen LogP contribution in [0.4, 0.5) is 4.39 Å². The highest BCUT2D eigenvalue weighted by Crippen LogP contribution is 2.38. The van der Waals surface area contributed by atoms with Gasteiger partial charge in [0.15, 0.2) is 0 Å².